The molecule has 5 heteroatoms. The third-order valence-corrected chi connectivity index (χ3v) is 5.01. The van der Waals surface area contributed by atoms with Crippen molar-refractivity contribution in [3.8, 4) is 0 Å². The van der Waals surface area contributed by atoms with Gasteiger partial charge in [0.2, 0.25) is 0 Å². The Balaban J connectivity index is 0.00000158. The van der Waals surface area contributed by atoms with Gasteiger partial charge in [-0.2, -0.15) is 0 Å². The van der Waals surface area contributed by atoms with E-state index in [4.69, 9.17) is 15.6 Å². The lowest BCUT2D eigenvalue weighted by atomic mass is 9.99. The van der Waals surface area contributed by atoms with Gasteiger partial charge >= 0.3 is 0 Å². The lowest BCUT2D eigenvalue weighted by Gasteiger charge is -2.10. The molecule has 0 spiro atoms. The van der Waals surface area contributed by atoms with E-state index in [1.807, 2.05) is 0 Å². The molecule has 0 heterocycles. The second kappa shape index (κ2) is 13.1. The van der Waals surface area contributed by atoms with Crippen molar-refractivity contribution in [2.75, 3.05) is 12.9 Å². The zero-order valence-electron chi connectivity index (χ0n) is 16.6. The summed E-state index contributed by atoms with van der Waals surface area (Å²) in [6.07, 6.45) is 0.946. The van der Waals surface area contributed by atoms with E-state index in [0.717, 1.165) is 22.6 Å². The van der Waals surface area contributed by atoms with Crippen LogP contribution in [-0.2, 0) is 6.42 Å². The minimum atomic E-state index is 0.500. The highest BCUT2D eigenvalue weighted by Gasteiger charge is 2.04. The van der Waals surface area contributed by atoms with Crippen molar-refractivity contribution in [3.63, 3.8) is 0 Å². The summed E-state index contributed by atoms with van der Waals surface area (Å²) in [6, 6.07) is 12.8. The number of allylic oxidation sites excluding steroid dienone is 1. The number of aryl methyl sites for hydroxylation is 3. The normalized spacial score (nSPS) is 10.3. The second-order valence-electron chi connectivity index (χ2n) is 6.18. The minimum absolute atomic E-state index is 0.500. The van der Waals surface area contributed by atoms with Crippen LogP contribution < -0.4 is 5.73 Å². The molecule has 2 rings (SSSR count). The molecule has 0 aliphatic carbocycles. The number of anilines is 1. The number of alkyl halides is 1. The molecule has 0 atom stereocenters. The monoisotopic (exact) mass is 393 g/mol. The molecule has 27 heavy (non-hydrogen) atoms. The van der Waals surface area contributed by atoms with Crippen molar-refractivity contribution in [2.45, 2.75) is 34.1 Å². The van der Waals surface area contributed by atoms with E-state index in [1.165, 1.54) is 27.8 Å². The molecule has 0 fully saturated rings. The van der Waals surface area contributed by atoms with Gasteiger partial charge in [0.05, 0.1) is 7.18 Å². The highest BCUT2D eigenvalue weighted by molar-refractivity contribution is 8.10. The van der Waals surface area contributed by atoms with Crippen LogP contribution in [0.3, 0.4) is 0 Å². The third kappa shape index (κ3) is 8.41. The van der Waals surface area contributed by atoms with Crippen molar-refractivity contribution < 1.29 is 14.2 Å². The first-order valence-electron chi connectivity index (χ1n) is 8.35. The van der Waals surface area contributed by atoms with Gasteiger partial charge in [-0.05, 0) is 67.8 Å². The molecule has 0 saturated carbocycles. The fraction of sp³-hybridized carbons (Fsp3) is 0.273. The molecule has 0 aliphatic heterocycles. The maximum absolute atomic E-state index is 9.50. The molecule has 0 aromatic heterocycles. The molecule has 2 aromatic rings. The lowest BCUT2D eigenvalue weighted by Crippen LogP contribution is -1.96. The Morgan fingerprint density at radius 3 is 2.19 bits per heavy atom. The Hall–Kier alpha value is -2.11. The molecule has 2 aromatic carbocycles. The standard InChI is InChI=1S/C21H25NS.CH3F.FHO/c1-14-6-8-19(9-7-14)18(5)23-13-15(2)10-20-11-17(4)21(22)12-16(20)3;2*1-2/h6-9,11-13H,5,10,22H2,1-4H3;1H3;2H/b15-13+;;. The Morgan fingerprint density at radius 2 is 1.63 bits per heavy atom. The number of hydrogen-bond donors (Lipinski definition) is 2. The van der Waals surface area contributed by atoms with E-state index >= 15 is 0 Å². The summed E-state index contributed by atoms with van der Waals surface area (Å²) in [5.41, 5.74) is 14.4. The molecule has 0 amide bonds. The van der Waals surface area contributed by atoms with Crippen molar-refractivity contribution in [3.05, 3.63) is 81.8 Å². The summed E-state index contributed by atoms with van der Waals surface area (Å²) in [7, 11) is 0.500. The van der Waals surface area contributed by atoms with Gasteiger partial charge in [0.15, 0.2) is 0 Å². The van der Waals surface area contributed by atoms with E-state index in [-0.39, 0.29) is 0 Å². The van der Waals surface area contributed by atoms with Gasteiger partial charge in [-0.25, -0.2) is 5.31 Å². The zero-order chi connectivity index (χ0) is 21.0. The lowest BCUT2D eigenvalue weighted by molar-refractivity contribution is -0.0441. The molecule has 148 valence electrons. The number of nitrogens with two attached hydrogens (primary N) is 1. The van der Waals surface area contributed by atoms with Crippen molar-refractivity contribution in [1.82, 2.24) is 0 Å². The van der Waals surface area contributed by atoms with E-state index in [9.17, 15) is 4.39 Å². The third-order valence-electron chi connectivity index (χ3n) is 3.97. The molecular formula is C22H29F2NOS. The average molecular weight is 394 g/mol. The first kappa shape index (κ1) is 24.9. The molecule has 0 unspecified atom stereocenters. The van der Waals surface area contributed by atoms with Crippen molar-refractivity contribution in [1.29, 1.82) is 0 Å². The average Bonchev–Trinajstić information content (AvgIpc) is 2.68. The summed E-state index contributed by atoms with van der Waals surface area (Å²) >= 11 is 1.69. The van der Waals surface area contributed by atoms with Crippen LogP contribution in [-0.4, -0.2) is 12.5 Å². The van der Waals surface area contributed by atoms with Gasteiger partial charge in [-0.3, -0.25) is 4.39 Å². The first-order chi connectivity index (χ1) is 12.9. The number of halogens is 2. The molecule has 3 N–H and O–H groups in total. The van der Waals surface area contributed by atoms with Gasteiger partial charge in [0, 0.05) is 10.6 Å². The summed E-state index contributed by atoms with van der Waals surface area (Å²) in [5, 5.41) is 7.70. The fourth-order valence-electron chi connectivity index (χ4n) is 2.41. The van der Waals surface area contributed by atoms with Crippen LogP contribution in [0.25, 0.3) is 4.91 Å². The summed E-state index contributed by atoms with van der Waals surface area (Å²) in [6.45, 7) is 12.6. The van der Waals surface area contributed by atoms with Crippen LogP contribution in [0.5, 0.6) is 0 Å². The number of hydrogen-bond acceptors (Lipinski definition) is 3. The van der Waals surface area contributed by atoms with E-state index in [1.54, 1.807) is 11.8 Å². The van der Waals surface area contributed by atoms with Gasteiger partial charge in [-0.15, -0.1) is 0 Å². The highest BCUT2D eigenvalue weighted by Crippen LogP contribution is 2.29. The summed E-state index contributed by atoms with van der Waals surface area (Å²) in [4.78, 5) is 1.08. The highest BCUT2D eigenvalue weighted by atomic mass is 32.2. The Labute approximate surface area is 165 Å². The van der Waals surface area contributed by atoms with Gasteiger partial charge in [0.25, 0.3) is 0 Å². The Bertz CT molecular complexity index is 756. The van der Waals surface area contributed by atoms with Crippen LogP contribution in [0.15, 0.2) is 54.0 Å². The van der Waals surface area contributed by atoms with Crippen LogP contribution in [0.4, 0.5) is 14.6 Å². The molecule has 0 bridgehead atoms. The van der Waals surface area contributed by atoms with Crippen LogP contribution in [0.1, 0.15) is 34.7 Å². The van der Waals surface area contributed by atoms with Crippen molar-refractivity contribution in [2.24, 2.45) is 0 Å². The van der Waals surface area contributed by atoms with Gasteiger partial charge in [-0.1, -0.05) is 64.3 Å². The Kier molecular flexibility index (Phi) is 12.1. The van der Waals surface area contributed by atoms with Crippen LogP contribution in [0.2, 0.25) is 0 Å². The molecule has 0 aliphatic rings. The smallest absolute Gasteiger partial charge is 0.0785 e. The summed E-state index contributed by atoms with van der Waals surface area (Å²) in [5.74, 6) is 0. The first-order valence-corrected chi connectivity index (χ1v) is 9.23. The topological polar surface area (TPSA) is 46.2 Å². The SMILES string of the molecule is C=C(S/C=C(\C)Cc1cc(C)c(N)cc1C)c1ccc(C)cc1.CF.OF. The maximum Gasteiger partial charge on any atom is 0.0785 e. The van der Waals surface area contributed by atoms with E-state index < -0.39 is 0 Å². The largest absolute Gasteiger partial charge is 0.399 e. The van der Waals surface area contributed by atoms with Crippen molar-refractivity contribution >= 4 is 22.4 Å². The predicted molar refractivity (Wildman–Crippen MR) is 116 cm³/mol. The fourth-order valence-corrected chi connectivity index (χ4v) is 3.11. The van der Waals surface area contributed by atoms with E-state index in [2.05, 4.69) is 76.1 Å². The quantitative estimate of drug-likeness (QED) is 0.571. The van der Waals surface area contributed by atoms with E-state index in [0.29, 0.717) is 7.18 Å². The maximum atomic E-state index is 9.50. The minimum Gasteiger partial charge on any atom is -0.399 e. The van der Waals surface area contributed by atoms with Gasteiger partial charge in [0.1, 0.15) is 0 Å². The van der Waals surface area contributed by atoms with Gasteiger partial charge < -0.3 is 5.73 Å². The van der Waals surface area contributed by atoms with Crippen LogP contribution in [0, 0.1) is 20.8 Å². The number of nitrogen functional groups attached to an aromatic ring is 1. The molecule has 0 saturated heterocycles. The Morgan fingerprint density at radius 1 is 1.07 bits per heavy atom. The zero-order valence-corrected chi connectivity index (χ0v) is 17.5. The second-order valence-corrected chi connectivity index (χ2v) is 7.15. The number of rotatable bonds is 5. The molecule has 2 nitrogen and oxygen atoms in total. The summed E-state index contributed by atoms with van der Waals surface area (Å²) < 4.78 is 18.0. The number of thioether (sulfide) groups is 1. The predicted octanol–water partition coefficient (Wildman–Crippen LogP) is 6.49. The number of benzene rings is 2. The molecule has 0 radical (unpaired) electrons. The molecular weight excluding hydrogens is 364 g/mol. The van der Waals surface area contributed by atoms with Crippen LogP contribution >= 0.6 is 11.8 Å².